The van der Waals surface area contributed by atoms with Gasteiger partial charge in [0.15, 0.2) is 0 Å². The quantitative estimate of drug-likeness (QED) is 0.851. The Morgan fingerprint density at radius 1 is 1.56 bits per heavy atom. The summed E-state index contributed by atoms with van der Waals surface area (Å²) in [6.45, 7) is 0.545. The summed E-state index contributed by atoms with van der Waals surface area (Å²) in [6, 6.07) is 5.17. The second-order valence-corrected chi connectivity index (χ2v) is 4.19. The van der Waals surface area contributed by atoms with Gasteiger partial charge in [-0.25, -0.2) is 0 Å². The Morgan fingerprint density at radius 3 is 2.88 bits per heavy atom. The zero-order valence-electron chi connectivity index (χ0n) is 8.94. The Hall–Kier alpha value is -1.26. The van der Waals surface area contributed by atoms with E-state index in [1.165, 1.54) is 0 Å². The topological polar surface area (TPSA) is 55.6 Å². The average molecular weight is 241 g/mol. The number of ether oxygens (including phenoxy) is 1. The van der Waals surface area contributed by atoms with Gasteiger partial charge in [-0.3, -0.25) is 4.79 Å². The SMILES string of the molecule is COc1cc(N2CC(N)CC2=O)ccc1Cl. The molecule has 1 amide bonds. The summed E-state index contributed by atoms with van der Waals surface area (Å²) < 4.78 is 5.11. The first-order chi connectivity index (χ1) is 7.61. The van der Waals surface area contributed by atoms with E-state index in [1.54, 1.807) is 30.2 Å². The fraction of sp³-hybridized carbons (Fsp3) is 0.364. The maximum Gasteiger partial charge on any atom is 0.228 e. The molecule has 0 aromatic heterocycles. The molecule has 1 atom stereocenters. The van der Waals surface area contributed by atoms with Crippen LogP contribution in [0.4, 0.5) is 5.69 Å². The van der Waals surface area contributed by atoms with Crippen molar-refractivity contribution >= 4 is 23.2 Å². The summed E-state index contributed by atoms with van der Waals surface area (Å²) in [5, 5.41) is 0.530. The van der Waals surface area contributed by atoms with E-state index in [2.05, 4.69) is 0 Å². The molecule has 1 heterocycles. The van der Waals surface area contributed by atoms with Crippen LogP contribution >= 0.6 is 11.6 Å². The molecule has 0 aliphatic carbocycles. The van der Waals surface area contributed by atoms with E-state index in [4.69, 9.17) is 22.1 Å². The van der Waals surface area contributed by atoms with Crippen molar-refractivity contribution in [2.75, 3.05) is 18.6 Å². The Bertz CT molecular complexity index is 422. The molecule has 0 saturated carbocycles. The lowest BCUT2D eigenvalue weighted by atomic mass is 10.2. The van der Waals surface area contributed by atoms with Crippen LogP contribution in [0.15, 0.2) is 18.2 Å². The maximum atomic E-state index is 11.6. The number of halogens is 1. The molecular weight excluding hydrogens is 228 g/mol. The minimum Gasteiger partial charge on any atom is -0.495 e. The second kappa shape index (κ2) is 4.31. The minimum absolute atomic E-state index is 0.0388. The molecule has 1 fully saturated rings. The van der Waals surface area contributed by atoms with Crippen molar-refractivity contribution in [3.05, 3.63) is 23.2 Å². The molecule has 1 unspecified atom stereocenters. The molecule has 4 nitrogen and oxygen atoms in total. The van der Waals surface area contributed by atoms with Crippen molar-refractivity contribution in [3.8, 4) is 5.75 Å². The zero-order chi connectivity index (χ0) is 11.7. The van der Waals surface area contributed by atoms with Crippen molar-refractivity contribution in [1.29, 1.82) is 0 Å². The fourth-order valence-corrected chi connectivity index (χ4v) is 2.00. The zero-order valence-corrected chi connectivity index (χ0v) is 9.70. The molecule has 2 N–H and O–H groups in total. The number of hydrogen-bond donors (Lipinski definition) is 1. The summed E-state index contributed by atoms with van der Waals surface area (Å²) in [6.07, 6.45) is 0.394. The van der Waals surface area contributed by atoms with Gasteiger partial charge in [0.1, 0.15) is 5.75 Å². The molecule has 1 aliphatic rings. The van der Waals surface area contributed by atoms with Crippen molar-refractivity contribution in [3.63, 3.8) is 0 Å². The molecule has 1 aromatic rings. The summed E-state index contributed by atoms with van der Waals surface area (Å²) in [7, 11) is 1.54. The van der Waals surface area contributed by atoms with Crippen LogP contribution in [-0.4, -0.2) is 25.6 Å². The van der Waals surface area contributed by atoms with Gasteiger partial charge in [0.05, 0.1) is 12.1 Å². The van der Waals surface area contributed by atoms with Gasteiger partial charge in [0.25, 0.3) is 0 Å². The van der Waals surface area contributed by atoms with Crippen molar-refractivity contribution in [2.45, 2.75) is 12.5 Å². The molecule has 86 valence electrons. The summed E-state index contributed by atoms with van der Waals surface area (Å²) >= 11 is 5.91. The normalized spacial score (nSPS) is 20.3. The molecule has 0 bridgehead atoms. The van der Waals surface area contributed by atoms with E-state index in [1.807, 2.05) is 0 Å². The predicted molar refractivity (Wildman–Crippen MR) is 62.9 cm³/mol. The molecule has 0 spiro atoms. The van der Waals surface area contributed by atoms with Crippen LogP contribution in [0, 0.1) is 0 Å². The molecule has 1 saturated heterocycles. The molecule has 0 radical (unpaired) electrons. The third-order valence-corrected chi connectivity index (χ3v) is 2.91. The van der Waals surface area contributed by atoms with Gasteiger partial charge in [-0.1, -0.05) is 11.6 Å². The molecule has 1 aliphatic heterocycles. The van der Waals surface area contributed by atoms with E-state index in [-0.39, 0.29) is 11.9 Å². The number of carbonyl (C=O) groups is 1. The number of rotatable bonds is 2. The number of carbonyl (C=O) groups excluding carboxylic acids is 1. The summed E-state index contributed by atoms with van der Waals surface area (Å²) in [5.74, 6) is 0.601. The Labute approximate surface area is 98.9 Å². The highest BCUT2D eigenvalue weighted by molar-refractivity contribution is 6.32. The van der Waals surface area contributed by atoms with Crippen LogP contribution in [-0.2, 0) is 4.79 Å². The summed E-state index contributed by atoms with van der Waals surface area (Å²) in [4.78, 5) is 13.3. The molecule has 5 heteroatoms. The first-order valence-corrected chi connectivity index (χ1v) is 5.39. The van der Waals surface area contributed by atoms with Gasteiger partial charge < -0.3 is 15.4 Å². The lowest BCUT2D eigenvalue weighted by molar-refractivity contribution is -0.117. The van der Waals surface area contributed by atoms with E-state index < -0.39 is 0 Å². The van der Waals surface area contributed by atoms with Crippen molar-refractivity contribution in [1.82, 2.24) is 0 Å². The Balaban J connectivity index is 2.30. The fourth-order valence-electron chi connectivity index (χ4n) is 1.80. The smallest absolute Gasteiger partial charge is 0.228 e. The minimum atomic E-state index is -0.0887. The maximum absolute atomic E-state index is 11.6. The van der Waals surface area contributed by atoms with Gasteiger partial charge >= 0.3 is 0 Å². The Kier molecular flexibility index (Phi) is 3.03. The standard InChI is InChI=1S/C11H13ClN2O2/c1-16-10-5-8(2-3-9(10)12)14-6-7(13)4-11(14)15/h2-3,5,7H,4,6,13H2,1H3. The molecular formula is C11H13ClN2O2. The number of amides is 1. The van der Waals surface area contributed by atoms with Crippen LogP contribution in [0.1, 0.15) is 6.42 Å². The number of methoxy groups -OCH3 is 1. The first-order valence-electron chi connectivity index (χ1n) is 5.01. The van der Waals surface area contributed by atoms with E-state index in [0.29, 0.717) is 23.7 Å². The summed E-state index contributed by atoms with van der Waals surface area (Å²) in [5.41, 5.74) is 6.51. The second-order valence-electron chi connectivity index (χ2n) is 3.79. The highest BCUT2D eigenvalue weighted by atomic mass is 35.5. The van der Waals surface area contributed by atoms with Gasteiger partial charge in [0, 0.05) is 30.8 Å². The molecule has 16 heavy (non-hydrogen) atoms. The number of anilines is 1. The highest BCUT2D eigenvalue weighted by Crippen LogP contribution is 2.30. The van der Waals surface area contributed by atoms with E-state index >= 15 is 0 Å². The van der Waals surface area contributed by atoms with Crippen LogP contribution in [0.3, 0.4) is 0 Å². The van der Waals surface area contributed by atoms with Crippen LogP contribution < -0.4 is 15.4 Å². The largest absolute Gasteiger partial charge is 0.495 e. The van der Waals surface area contributed by atoms with Gasteiger partial charge in [0.2, 0.25) is 5.91 Å². The van der Waals surface area contributed by atoms with Crippen LogP contribution in [0.25, 0.3) is 0 Å². The van der Waals surface area contributed by atoms with Crippen LogP contribution in [0.5, 0.6) is 5.75 Å². The van der Waals surface area contributed by atoms with E-state index in [0.717, 1.165) is 5.69 Å². The van der Waals surface area contributed by atoms with Gasteiger partial charge in [-0.2, -0.15) is 0 Å². The lowest BCUT2D eigenvalue weighted by Crippen LogP contribution is -2.27. The number of nitrogens with zero attached hydrogens (tertiary/aromatic N) is 1. The number of benzene rings is 1. The monoisotopic (exact) mass is 240 g/mol. The molecule has 2 rings (SSSR count). The van der Waals surface area contributed by atoms with Crippen molar-refractivity contribution in [2.24, 2.45) is 5.73 Å². The third kappa shape index (κ3) is 1.99. The van der Waals surface area contributed by atoms with Gasteiger partial charge in [-0.05, 0) is 12.1 Å². The highest BCUT2D eigenvalue weighted by Gasteiger charge is 2.28. The van der Waals surface area contributed by atoms with Crippen LogP contribution in [0.2, 0.25) is 5.02 Å². The predicted octanol–water partition coefficient (Wildman–Crippen LogP) is 1.41. The Morgan fingerprint density at radius 2 is 2.31 bits per heavy atom. The third-order valence-electron chi connectivity index (χ3n) is 2.60. The average Bonchev–Trinajstić information content (AvgIpc) is 2.59. The van der Waals surface area contributed by atoms with Crippen molar-refractivity contribution < 1.29 is 9.53 Å². The lowest BCUT2D eigenvalue weighted by Gasteiger charge is -2.17. The van der Waals surface area contributed by atoms with Gasteiger partial charge in [-0.15, -0.1) is 0 Å². The van der Waals surface area contributed by atoms with E-state index in [9.17, 15) is 4.79 Å². The number of nitrogens with two attached hydrogens (primary N) is 1. The first kappa shape index (κ1) is 11.2. The molecule has 1 aromatic carbocycles. The number of hydrogen-bond acceptors (Lipinski definition) is 3.